The lowest BCUT2D eigenvalue weighted by Crippen LogP contribution is -2.46. The van der Waals surface area contributed by atoms with Gasteiger partial charge in [0.1, 0.15) is 0 Å². The van der Waals surface area contributed by atoms with Crippen LogP contribution in [0.15, 0.2) is 22.7 Å². The van der Waals surface area contributed by atoms with Crippen LogP contribution in [0.1, 0.15) is 31.7 Å². The SMILES string of the molecule is CC(C)C1C(=O)NC(=O)CC1c1cc(Cl)ccc1Br. The number of carbonyl (C=O) groups excluding carboxylic acids is 2. The van der Waals surface area contributed by atoms with Gasteiger partial charge < -0.3 is 0 Å². The van der Waals surface area contributed by atoms with E-state index in [1.165, 1.54) is 0 Å². The number of imide groups is 1. The molecule has 2 unspecified atom stereocenters. The van der Waals surface area contributed by atoms with Crippen molar-refractivity contribution in [2.45, 2.75) is 26.2 Å². The van der Waals surface area contributed by atoms with Crippen molar-refractivity contribution in [2.24, 2.45) is 11.8 Å². The molecule has 2 amide bonds. The largest absolute Gasteiger partial charge is 0.296 e. The molecule has 1 aromatic carbocycles. The van der Waals surface area contributed by atoms with Crippen LogP contribution in [-0.4, -0.2) is 11.8 Å². The molecule has 0 radical (unpaired) electrons. The number of carbonyl (C=O) groups is 2. The first-order valence-corrected chi connectivity index (χ1v) is 7.36. The third-order valence-corrected chi connectivity index (χ3v) is 4.44. The Balaban J connectivity index is 2.46. The summed E-state index contributed by atoms with van der Waals surface area (Å²) in [5.41, 5.74) is 0.925. The second-order valence-corrected chi connectivity index (χ2v) is 6.45. The molecule has 102 valence electrons. The molecule has 1 aliphatic rings. The first-order valence-electron chi connectivity index (χ1n) is 6.18. The van der Waals surface area contributed by atoms with E-state index in [-0.39, 0.29) is 29.6 Å². The summed E-state index contributed by atoms with van der Waals surface area (Å²) in [6.45, 7) is 3.98. The Morgan fingerprint density at radius 2 is 2.05 bits per heavy atom. The molecule has 0 saturated carbocycles. The van der Waals surface area contributed by atoms with Crippen LogP contribution in [0.5, 0.6) is 0 Å². The molecule has 2 rings (SSSR count). The number of amides is 2. The summed E-state index contributed by atoms with van der Waals surface area (Å²) in [4.78, 5) is 23.7. The standard InChI is InChI=1S/C14H15BrClNO2/c1-7(2)13-10(6-12(18)17-14(13)19)9-5-8(16)3-4-11(9)15/h3-5,7,10,13H,6H2,1-2H3,(H,17,18,19). The fraction of sp³-hybridized carbons (Fsp3) is 0.429. The summed E-state index contributed by atoms with van der Waals surface area (Å²) in [6, 6.07) is 5.47. The van der Waals surface area contributed by atoms with Crippen LogP contribution in [0, 0.1) is 11.8 Å². The molecule has 0 bridgehead atoms. The van der Waals surface area contributed by atoms with Crippen LogP contribution < -0.4 is 5.32 Å². The minimum Gasteiger partial charge on any atom is -0.296 e. The summed E-state index contributed by atoms with van der Waals surface area (Å²) in [6.07, 6.45) is 0.313. The Kier molecular flexibility index (Phi) is 4.31. The van der Waals surface area contributed by atoms with Crippen molar-refractivity contribution in [3.63, 3.8) is 0 Å². The Morgan fingerprint density at radius 3 is 2.68 bits per heavy atom. The van der Waals surface area contributed by atoms with Crippen molar-refractivity contribution in [1.29, 1.82) is 0 Å². The summed E-state index contributed by atoms with van der Waals surface area (Å²) in [5.74, 6) is -0.604. The topological polar surface area (TPSA) is 46.2 Å². The summed E-state index contributed by atoms with van der Waals surface area (Å²) in [7, 11) is 0. The van der Waals surface area contributed by atoms with Crippen molar-refractivity contribution < 1.29 is 9.59 Å². The van der Waals surface area contributed by atoms with Gasteiger partial charge >= 0.3 is 0 Å². The van der Waals surface area contributed by atoms with Gasteiger partial charge in [-0.15, -0.1) is 0 Å². The second-order valence-electron chi connectivity index (χ2n) is 5.16. The quantitative estimate of drug-likeness (QED) is 0.835. The maximum absolute atomic E-state index is 12.0. The van der Waals surface area contributed by atoms with Gasteiger partial charge in [-0.2, -0.15) is 0 Å². The monoisotopic (exact) mass is 343 g/mol. The first kappa shape index (κ1) is 14.5. The van der Waals surface area contributed by atoms with E-state index in [1.807, 2.05) is 26.0 Å². The third-order valence-electron chi connectivity index (χ3n) is 3.48. The minimum absolute atomic E-state index is 0.130. The maximum Gasteiger partial charge on any atom is 0.230 e. The number of rotatable bonds is 2. The Bertz CT molecular complexity index is 530. The van der Waals surface area contributed by atoms with Gasteiger partial charge in [0.2, 0.25) is 11.8 Å². The van der Waals surface area contributed by atoms with E-state index in [2.05, 4.69) is 21.2 Å². The fourth-order valence-corrected chi connectivity index (χ4v) is 3.37. The van der Waals surface area contributed by atoms with E-state index in [9.17, 15) is 9.59 Å². The van der Waals surface area contributed by atoms with Crippen molar-refractivity contribution in [3.05, 3.63) is 33.3 Å². The van der Waals surface area contributed by atoms with Crippen molar-refractivity contribution in [2.75, 3.05) is 0 Å². The van der Waals surface area contributed by atoms with Crippen molar-refractivity contribution >= 4 is 39.3 Å². The Hall–Kier alpha value is -0.870. The van der Waals surface area contributed by atoms with Crippen molar-refractivity contribution in [1.82, 2.24) is 5.32 Å². The van der Waals surface area contributed by atoms with E-state index in [0.29, 0.717) is 11.4 Å². The molecule has 1 aromatic rings. The number of benzene rings is 1. The van der Waals surface area contributed by atoms with E-state index >= 15 is 0 Å². The summed E-state index contributed by atoms with van der Waals surface area (Å²) in [5, 5.41) is 3.03. The zero-order valence-corrected chi connectivity index (χ0v) is 13.1. The predicted octanol–water partition coefficient (Wildman–Crippen LogP) is 3.50. The lowest BCUT2D eigenvalue weighted by molar-refractivity contribution is -0.138. The number of piperidine rings is 1. The van der Waals surface area contributed by atoms with Gasteiger partial charge in [0.25, 0.3) is 0 Å². The van der Waals surface area contributed by atoms with Crippen molar-refractivity contribution in [3.8, 4) is 0 Å². The highest BCUT2D eigenvalue weighted by molar-refractivity contribution is 9.10. The highest BCUT2D eigenvalue weighted by Gasteiger charge is 2.39. The molecule has 0 aromatic heterocycles. The van der Waals surface area contributed by atoms with Gasteiger partial charge in [0.15, 0.2) is 0 Å². The number of hydrogen-bond acceptors (Lipinski definition) is 2. The highest BCUT2D eigenvalue weighted by Crippen LogP contribution is 2.40. The average Bonchev–Trinajstić information content (AvgIpc) is 2.30. The molecule has 1 fully saturated rings. The lowest BCUT2D eigenvalue weighted by atomic mass is 9.75. The minimum atomic E-state index is -0.223. The van der Waals surface area contributed by atoms with Gasteiger partial charge in [-0.3, -0.25) is 14.9 Å². The van der Waals surface area contributed by atoms with Crippen LogP contribution in [0.25, 0.3) is 0 Å². The first-order chi connectivity index (χ1) is 8.90. The number of hydrogen-bond donors (Lipinski definition) is 1. The van der Waals surface area contributed by atoms with Gasteiger partial charge in [-0.05, 0) is 29.7 Å². The molecule has 1 heterocycles. The smallest absolute Gasteiger partial charge is 0.230 e. The number of nitrogens with one attached hydrogen (secondary N) is 1. The van der Waals surface area contributed by atoms with Gasteiger partial charge in [-0.25, -0.2) is 0 Å². The average molecular weight is 345 g/mol. The maximum atomic E-state index is 12.0. The molecule has 2 atom stereocenters. The molecular formula is C14H15BrClNO2. The van der Waals surface area contributed by atoms with Crippen LogP contribution >= 0.6 is 27.5 Å². The van der Waals surface area contributed by atoms with Crippen LogP contribution in [0.4, 0.5) is 0 Å². The third kappa shape index (κ3) is 3.00. The molecule has 0 spiro atoms. The van der Waals surface area contributed by atoms with Crippen LogP contribution in [0.2, 0.25) is 5.02 Å². The molecule has 1 aliphatic heterocycles. The van der Waals surface area contributed by atoms with E-state index in [1.54, 1.807) is 6.07 Å². The molecule has 1 saturated heterocycles. The van der Waals surface area contributed by atoms with E-state index in [4.69, 9.17) is 11.6 Å². The van der Waals surface area contributed by atoms with Gasteiger partial charge in [0, 0.05) is 27.8 Å². The highest BCUT2D eigenvalue weighted by atomic mass is 79.9. The summed E-state index contributed by atoms with van der Waals surface area (Å²) >= 11 is 9.51. The summed E-state index contributed by atoms with van der Waals surface area (Å²) < 4.78 is 0.884. The van der Waals surface area contributed by atoms with E-state index in [0.717, 1.165) is 10.0 Å². The molecule has 19 heavy (non-hydrogen) atoms. The van der Waals surface area contributed by atoms with E-state index < -0.39 is 0 Å². The molecule has 1 N–H and O–H groups in total. The Labute approximate surface area is 125 Å². The molecule has 3 nitrogen and oxygen atoms in total. The van der Waals surface area contributed by atoms with Crippen LogP contribution in [-0.2, 0) is 9.59 Å². The molecular weight excluding hydrogens is 330 g/mol. The molecule has 0 aliphatic carbocycles. The zero-order chi connectivity index (χ0) is 14.2. The lowest BCUT2D eigenvalue weighted by Gasteiger charge is -2.33. The predicted molar refractivity (Wildman–Crippen MR) is 78.0 cm³/mol. The zero-order valence-electron chi connectivity index (χ0n) is 10.7. The number of halogens is 2. The van der Waals surface area contributed by atoms with Gasteiger partial charge in [0.05, 0.1) is 0 Å². The molecule has 5 heteroatoms. The second kappa shape index (κ2) is 5.63. The van der Waals surface area contributed by atoms with Crippen LogP contribution in [0.3, 0.4) is 0 Å². The Morgan fingerprint density at radius 1 is 1.37 bits per heavy atom. The fourth-order valence-electron chi connectivity index (χ4n) is 2.65. The van der Waals surface area contributed by atoms with Gasteiger partial charge in [-0.1, -0.05) is 41.4 Å². The normalized spacial score (nSPS) is 23.6.